The Labute approximate surface area is 147 Å². The predicted molar refractivity (Wildman–Crippen MR) is 90.8 cm³/mol. The van der Waals surface area contributed by atoms with E-state index in [1.807, 2.05) is 20.8 Å². The van der Waals surface area contributed by atoms with E-state index in [1.165, 1.54) is 0 Å². The van der Waals surface area contributed by atoms with Crippen LogP contribution in [0.3, 0.4) is 0 Å². The average Bonchev–Trinajstić information content (AvgIpc) is 3.19. The minimum Gasteiger partial charge on any atom is -0.454 e. The zero-order valence-corrected chi connectivity index (χ0v) is 14.8. The van der Waals surface area contributed by atoms with Crippen molar-refractivity contribution in [3.05, 3.63) is 23.8 Å². The second-order valence-corrected chi connectivity index (χ2v) is 7.36. The van der Waals surface area contributed by atoms with Gasteiger partial charge in [-0.2, -0.15) is 0 Å². The van der Waals surface area contributed by atoms with Gasteiger partial charge in [-0.1, -0.05) is 0 Å². The van der Waals surface area contributed by atoms with Crippen LogP contribution in [-0.4, -0.2) is 48.9 Å². The van der Waals surface area contributed by atoms with E-state index >= 15 is 0 Å². The second kappa shape index (κ2) is 6.82. The number of carbonyl (C=O) groups is 2. The third kappa shape index (κ3) is 4.35. The van der Waals surface area contributed by atoms with Crippen LogP contribution in [0.1, 0.15) is 37.6 Å². The van der Waals surface area contributed by atoms with Crippen molar-refractivity contribution in [1.29, 1.82) is 0 Å². The van der Waals surface area contributed by atoms with E-state index in [1.54, 1.807) is 23.1 Å². The van der Waals surface area contributed by atoms with Gasteiger partial charge in [-0.3, -0.25) is 4.79 Å². The highest BCUT2D eigenvalue weighted by Gasteiger charge is 2.28. The fourth-order valence-corrected chi connectivity index (χ4v) is 2.94. The van der Waals surface area contributed by atoms with E-state index < -0.39 is 11.7 Å². The van der Waals surface area contributed by atoms with Gasteiger partial charge in [-0.15, -0.1) is 0 Å². The lowest BCUT2D eigenvalue weighted by Crippen LogP contribution is -2.36. The van der Waals surface area contributed by atoms with Crippen LogP contribution in [0, 0.1) is 5.92 Å². The second-order valence-electron chi connectivity index (χ2n) is 7.36. The summed E-state index contributed by atoms with van der Waals surface area (Å²) in [7, 11) is 0. The van der Waals surface area contributed by atoms with Crippen LogP contribution in [-0.2, 0) is 4.74 Å². The Kier molecular flexibility index (Phi) is 4.74. The first-order valence-electron chi connectivity index (χ1n) is 8.47. The molecule has 3 rings (SSSR count). The topological polar surface area (TPSA) is 77.1 Å². The molecule has 1 unspecified atom stereocenters. The summed E-state index contributed by atoms with van der Waals surface area (Å²) in [6.45, 7) is 7.46. The van der Waals surface area contributed by atoms with Crippen molar-refractivity contribution in [3.8, 4) is 11.5 Å². The molecule has 2 aliphatic heterocycles. The van der Waals surface area contributed by atoms with Crippen LogP contribution < -0.4 is 14.8 Å². The first kappa shape index (κ1) is 17.4. The molecule has 25 heavy (non-hydrogen) atoms. The molecule has 0 saturated carbocycles. The lowest BCUT2D eigenvalue weighted by atomic mass is 10.1. The molecular weight excluding hydrogens is 324 g/mol. The summed E-state index contributed by atoms with van der Waals surface area (Å²) in [5, 5.41) is 2.78. The third-order valence-electron chi connectivity index (χ3n) is 4.13. The average molecular weight is 348 g/mol. The van der Waals surface area contributed by atoms with Crippen LogP contribution in [0.4, 0.5) is 4.79 Å². The number of benzene rings is 1. The summed E-state index contributed by atoms with van der Waals surface area (Å²) in [4.78, 5) is 26.2. The number of nitrogens with one attached hydrogen (secondary N) is 1. The number of carbonyl (C=O) groups excluding carboxylic acids is 2. The molecule has 1 aromatic rings. The fraction of sp³-hybridized carbons (Fsp3) is 0.556. The van der Waals surface area contributed by atoms with Crippen LogP contribution in [0.5, 0.6) is 11.5 Å². The van der Waals surface area contributed by atoms with Gasteiger partial charge in [-0.05, 0) is 51.3 Å². The van der Waals surface area contributed by atoms with Crippen molar-refractivity contribution in [2.75, 3.05) is 26.4 Å². The molecule has 0 aliphatic carbocycles. The number of rotatable bonds is 3. The number of ether oxygens (including phenoxy) is 3. The highest BCUT2D eigenvalue weighted by atomic mass is 16.7. The van der Waals surface area contributed by atoms with Crippen molar-refractivity contribution in [3.63, 3.8) is 0 Å². The van der Waals surface area contributed by atoms with E-state index in [-0.39, 0.29) is 18.6 Å². The molecule has 2 heterocycles. The highest BCUT2D eigenvalue weighted by Crippen LogP contribution is 2.33. The molecule has 2 amide bonds. The standard InChI is InChI=1S/C18H24N2O5/c1-18(2,3)25-17(22)19-9-12-6-7-20(10-12)16(21)13-4-5-14-15(8-13)24-11-23-14/h4-5,8,12H,6-7,9-11H2,1-3H3,(H,19,22). The van der Waals surface area contributed by atoms with Crippen LogP contribution in [0.25, 0.3) is 0 Å². The molecular formula is C18H24N2O5. The molecule has 2 aliphatic rings. The fourth-order valence-electron chi connectivity index (χ4n) is 2.94. The van der Waals surface area contributed by atoms with Crippen molar-refractivity contribution in [1.82, 2.24) is 10.2 Å². The predicted octanol–water partition coefficient (Wildman–Crippen LogP) is 2.40. The van der Waals surface area contributed by atoms with E-state index in [2.05, 4.69) is 5.32 Å². The van der Waals surface area contributed by atoms with Crippen molar-refractivity contribution < 1.29 is 23.8 Å². The number of likely N-dealkylation sites (tertiary alicyclic amines) is 1. The summed E-state index contributed by atoms with van der Waals surface area (Å²) in [6, 6.07) is 5.23. The number of amides is 2. The SMILES string of the molecule is CC(C)(C)OC(=O)NCC1CCN(C(=O)c2ccc3c(c2)OCO3)C1. The van der Waals surface area contributed by atoms with Gasteiger partial charge in [0.25, 0.3) is 5.91 Å². The molecule has 136 valence electrons. The smallest absolute Gasteiger partial charge is 0.407 e. The van der Waals surface area contributed by atoms with Gasteiger partial charge in [0.1, 0.15) is 5.60 Å². The number of alkyl carbamates (subject to hydrolysis) is 1. The molecule has 1 fully saturated rings. The van der Waals surface area contributed by atoms with Crippen molar-refractivity contribution in [2.24, 2.45) is 5.92 Å². The minimum atomic E-state index is -0.513. The molecule has 7 nitrogen and oxygen atoms in total. The zero-order valence-electron chi connectivity index (χ0n) is 14.8. The Morgan fingerprint density at radius 2 is 2.04 bits per heavy atom. The summed E-state index contributed by atoms with van der Waals surface area (Å²) < 4.78 is 15.8. The van der Waals surface area contributed by atoms with Gasteiger partial charge in [0.15, 0.2) is 11.5 Å². The lowest BCUT2D eigenvalue weighted by Gasteiger charge is -2.21. The van der Waals surface area contributed by atoms with Crippen molar-refractivity contribution >= 4 is 12.0 Å². The van der Waals surface area contributed by atoms with E-state index in [0.717, 1.165) is 6.42 Å². The summed E-state index contributed by atoms with van der Waals surface area (Å²) in [5.41, 5.74) is 0.0752. The number of hydrogen-bond acceptors (Lipinski definition) is 5. The molecule has 0 bridgehead atoms. The molecule has 1 saturated heterocycles. The quantitative estimate of drug-likeness (QED) is 0.908. The maximum absolute atomic E-state index is 12.6. The molecule has 0 radical (unpaired) electrons. The Hall–Kier alpha value is -2.44. The van der Waals surface area contributed by atoms with Gasteiger partial charge in [0.05, 0.1) is 0 Å². The van der Waals surface area contributed by atoms with Gasteiger partial charge < -0.3 is 24.4 Å². The number of nitrogens with zero attached hydrogens (tertiary/aromatic N) is 1. The lowest BCUT2D eigenvalue weighted by molar-refractivity contribution is 0.0520. The Bertz CT molecular complexity index is 668. The van der Waals surface area contributed by atoms with Crippen LogP contribution in [0.2, 0.25) is 0 Å². The van der Waals surface area contributed by atoms with Crippen molar-refractivity contribution in [2.45, 2.75) is 32.8 Å². The van der Waals surface area contributed by atoms with E-state index in [4.69, 9.17) is 14.2 Å². The molecule has 1 aromatic carbocycles. The zero-order chi connectivity index (χ0) is 18.0. The maximum atomic E-state index is 12.6. The monoisotopic (exact) mass is 348 g/mol. The summed E-state index contributed by atoms with van der Waals surface area (Å²) >= 11 is 0. The van der Waals surface area contributed by atoms with Gasteiger partial charge in [-0.25, -0.2) is 4.79 Å². The van der Waals surface area contributed by atoms with Crippen LogP contribution >= 0.6 is 0 Å². The molecule has 1 atom stereocenters. The Morgan fingerprint density at radius 3 is 2.80 bits per heavy atom. The van der Waals surface area contributed by atoms with Gasteiger partial charge in [0.2, 0.25) is 6.79 Å². The molecule has 0 aromatic heterocycles. The highest BCUT2D eigenvalue weighted by molar-refractivity contribution is 5.95. The van der Waals surface area contributed by atoms with E-state index in [9.17, 15) is 9.59 Å². The number of fused-ring (bicyclic) bond motifs is 1. The normalized spacial score (nSPS) is 19.0. The number of hydrogen-bond donors (Lipinski definition) is 1. The molecule has 0 spiro atoms. The Morgan fingerprint density at radius 1 is 1.28 bits per heavy atom. The Balaban J connectivity index is 1.51. The first-order valence-corrected chi connectivity index (χ1v) is 8.47. The summed E-state index contributed by atoms with van der Waals surface area (Å²) in [6.07, 6.45) is 0.430. The van der Waals surface area contributed by atoms with E-state index in [0.29, 0.717) is 36.7 Å². The largest absolute Gasteiger partial charge is 0.454 e. The third-order valence-corrected chi connectivity index (χ3v) is 4.13. The minimum absolute atomic E-state index is 0.0296. The first-order chi connectivity index (χ1) is 11.8. The molecule has 7 heteroatoms. The van der Waals surface area contributed by atoms with Crippen LogP contribution in [0.15, 0.2) is 18.2 Å². The van der Waals surface area contributed by atoms with Gasteiger partial charge >= 0.3 is 6.09 Å². The molecule has 1 N–H and O–H groups in total. The maximum Gasteiger partial charge on any atom is 0.407 e. The van der Waals surface area contributed by atoms with Gasteiger partial charge in [0, 0.05) is 25.2 Å². The summed E-state index contributed by atoms with van der Waals surface area (Å²) in [5.74, 6) is 1.47.